The zero-order valence-corrected chi connectivity index (χ0v) is 9.02. The zero-order valence-electron chi connectivity index (χ0n) is 9.02. The Hall–Kier alpha value is -1.18. The van der Waals surface area contributed by atoms with Crippen LogP contribution in [0, 0.1) is 19.7 Å². The van der Waals surface area contributed by atoms with Crippen LogP contribution in [0.5, 0.6) is 0 Å². The summed E-state index contributed by atoms with van der Waals surface area (Å²) in [6.07, 6.45) is 0.790. The number of hydrogen-bond donors (Lipinski definition) is 0. The summed E-state index contributed by atoms with van der Waals surface area (Å²) in [7, 11) is 0. The van der Waals surface area contributed by atoms with Gasteiger partial charge < -0.3 is 4.79 Å². The zero-order chi connectivity index (χ0) is 10.9. The number of aryl methyl sites for hydroxylation is 1. The largest absolute Gasteiger partial charge is 0.302 e. The van der Waals surface area contributed by atoms with E-state index < -0.39 is 5.41 Å². The lowest BCUT2D eigenvalue weighted by molar-refractivity contribution is -0.111. The van der Waals surface area contributed by atoms with Crippen molar-refractivity contribution in [2.24, 2.45) is 0 Å². The first-order chi connectivity index (χ1) is 6.40. The van der Waals surface area contributed by atoms with Gasteiger partial charge in [-0.2, -0.15) is 0 Å². The molecule has 1 rings (SSSR count). The van der Waals surface area contributed by atoms with Crippen LogP contribution in [0.3, 0.4) is 0 Å². The molecule has 0 N–H and O–H groups in total. The molecule has 14 heavy (non-hydrogen) atoms. The number of hydrogen-bond acceptors (Lipinski definition) is 1. The molecule has 0 saturated carbocycles. The summed E-state index contributed by atoms with van der Waals surface area (Å²) >= 11 is 0. The first-order valence-corrected chi connectivity index (χ1v) is 4.62. The Labute approximate surface area is 83.9 Å². The van der Waals surface area contributed by atoms with Gasteiger partial charge in [0.25, 0.3) is 0 Å². The van der Waals surface area contributed by atoms with Gasteiger partial charge in [0.2, 0.25) is 0 Å². The molecule has 1 nitrogen and oxygen atoms in total. The molecular formula is C12H15FO. The van der Waals surface area contributed by atoms with Gasteiger partial charge in [-0.3, -0.25) is 0 Å². The summed E-state index contributed by atoms with van der Waals surface area (Å²) in [5.74, 6) is -0.301. The fraction of sp³-hybridized carbons (Fsp3) is 0.417. The molecule has 2 heteroatoms. The van der Waals surface area contributed by atoms with Crippen molar-refractivity contribution in [1.29, 1.82) is 0 Å². The second-order valence-electron chi connectivity index (χ2n) is 4.20. The third kappa shape index (κ3) is 1.69. The second kappa shape index (κ2) is 3.52. The van der Waals surface area contributed by atoms with Gasteiger partial charge in [-0.25, -0.2) is 4.39 Å². The lowest BCUT2D eigenvalue weighted by atomic mass is 9.82. The third-order valence-corrected chi connectivity index (χ3v) is 2.62. The van der Waals surface area contributed by atoms with Crippen LogP contribution in [-0.2, 0) is 10.2 Å². The summed E-state index contributed by atoms with van der Waals surface area (Å²) < 4.78 is 13.6. The van der Waals surface area contributed by atoms with Crippen LogP contribution in [0.2, 0.25) is 0 Å². The first kappa shape index (κ1) is 10.9. The monoisotopic (exact) mass is 194 g/mol. The molecule has 1 aromatic carbocycles. The molecule has 1 aromatic rings. The van der Waals surface area contributed by atoms with Crippen LogP contribution in [0.4, 0.5) is 4.39 Å². The molecule has 0 bridgehead atoms. The Balaban J connectivity index is 3.47. The second-order valence-corrected chi connectivity index (χ2v) is 4.20. The van der Waals surface area contributed by atoms with Gasteiger partial charge in [-0.1, -0.05) is 6.07 Å². The highest BCUT2D eigenvalue weighted by atomic mass is 19.1. The van der Waals surface area contributed by atoms with Gasteiger partial charge >= 0.3 is 0 Å². The number of carbonyl (C=O) groups is 1. The summed E-state index contributed by atoms with van der Waals surface area (Å²) in [5, 5.41) is 0. The first-order valence-electron chi connectivity index (χ1n) is 4.62. The van der Waals surface area contributed by atoms with E-state index in [0.29, 0.717) is 5.56 Å². The highest BCUT2D eigenvalue weighted by Crippen LogP contribution is 2.28. The molecule has 0 radical (unpaired) electrons. The van der Waals surface area contributed by atoms with Gasteiger partial charge in [0.05, 0.1) is 0 Å². The SMILES string of the molecule is Cc1ccc(F)c(C(C)(C)C=O)c1C. The van der Waals surface area contributed by atoms with E-state index in [-0.39, 0.29) is 5.82 Å². The molecule has 0 saturated heterocycles. The molecule has 0 aromatic heterocycles. The molecule has 0 spiro atoms. The maximum absolute atomic E-state index is 13.6. The van der Waals surface area contributed by atoms with Crippen LogP contribution in [0.15, 0.2) is 12.1 Å². The number of benzene rings is 1. The smallest absolute Gasteiger partial charge is 0.130 e. The highest BCUT2D eigenvalue weighted by Gasteiger charge is 2.25. The van der Waals surface area contributed by atoms with Crippen LogP contribution < -0.4 is 0 Å². The van der Waals surface area contributed by atoms with Crippen molar-refractivity contribution < 1.29 is 9.18 Å². The summed E-state index contributed by atoms with van der Waals surface area (Å²) in [6, 6.07) is 3.15. The van der Waals surface area contributed by atoms with Gasteiger partial charge in [0.15, 0.2) is 0 Å². The lowest BCUT2D eigenvalue weighted by Gasteiger charge is -2.21. The fourth-order valence-corrected chi connectivity index (χ4v) is 1.63. The normalized spacial score (nSPS) is 11.5. The Morgan fingerprint density at radius 2 is 1.86 bits per heavy atom. The summed E-state index contributed by atoms with van der Waals surface area (Å²) in [6.45, 7) is 7.22. The van der Waals surface area contributed by atoms with Crippen molar-refractivity contribution in [3.05, 3.63) is 34.6 Å². The molecule has 0 aliphatic carbocycles. The van der Waals surface area contributed by atoms with E-state index >= 15 is 0 Å². The van der Waals surface area contributed by atoms with E-state index in [0.717, 1.165) is 17.4 Å². The molecule has 0 amide bonds. The molecule has 0 heterocycles. The van der Waals surface area contributed by atoms with E-state index in [1.165, 1.54) is 6.07 Å². The predicted octanol–water partition coefficient (Wildman–Crippen LogP) is 2.92. The Morgan fingerprint density at radius 1 is 1.29 bits per heavy atom. The average molecular weight is 194 g/mol. The minimum absolute atomic E-state index is 0.301. The third-order valence-electron chi connectivity index (χ3n) is 2.62. The van der Waals surface area contributed by atoms with E-state index in [1.807, 2.05) is 13.8 Å². The Kier molecular flexibility index (Phi) is 2.74. The van der Waals surface area contributed by atoms with E-state index in [9.17, 15) is 9.18 Å². The highest BCUT2D eigenvalue weighted by molar-refractivity contribution is 5.68. The quantitative estimate of drug-likeness (QED) is 0.661. The number of rotatable bonds is 2. The van der Waals surface area contributed by atoms with Crippen LogP contribution in [0.1, 0.15) is 30.5 Å². The predicted molar refractivity (Wildman–Crippen MR) is 55.0 cm³/mol. The van der Waals surface area contributed by atoms with E-state index in [1.54, 1.807) is 19.9 Å². The van der Waals surface area contributed by atoms with Gasteiger partial charge in [-0.05, 0) is 44.9 Å². The average Bonchev–Trinajstić information content (AvgIpc) is 2.12. The summed E-state index contributed by atoms with van der Waals surface area (Å²) in [4.78, 5) is 10.9. The molecule has 0 aliphatic rings. The minimum atomic E-state index is -0.750. The summed E-state index contributed by atoms with van der Waals surface area (Å²) in [5.41, 5.74) is 1.63. The van der Waals surface area contributed by atoms with Crippen molar-refractivity contribution in [3.8, 4) is 0 Å². The van der Waals surface area contributed by atoms with Crippen molar-refractivity contribution in [2.75, 3.05) is 0 Å². The molecule has 0 fully saturated rings. The van der Waals surface area contributed by atoms with Gasteiger partial charge in [-0.15, -0.1) is 0 Å². The number of aldehydes is 1. The van der Waals surface area contributed by atoms with Crippen molar-refractivity contribution in [1.82, 2.24) is 0 Å². The van der Waals surface area contributed by atoms with Crippen molar-refractivity contribution in [3.63, 3.8) is 0 Å². The van der Waals surface area contributed by atoms with Gasteiger partial charge in [0.1, 0.15) is 12.1 Å². The van der Waals surface area contributed by atoms with Crippen molar-refractivity contribution in [2.45, 2.75) is 33.1 Å². The lowest BCUT2D eigenvalue weighted by Crippen LogP contribution is -2.22. The molecular weight excluding hydrogens is 179 g/mol. The standard InChI is InChI=1S/C12H15FO/c1-8-5-6-10(13)11(9(8)2)12(3,4)7-14/h5-7H,1-4H3. The van der Waals surface area contributed by atoms with Crippen LogP contribution in [-0.4, -0.2) is 6.29 Å². The molecule has 0 aliphatic heterocycles. The van der Waals surface area contributed by atoms with E-state index in [2.05, 4.69) is 0 Å². The maximum Gasteiger partial charge on any atom is 0.130 e. The maximum atomic E-state index is 13.6. The number of halogens is 1. The Bertz CT molecular complexity index is 367. The Morgan fingerprint density at radius 3 is 2.36 bits per heavy atom. The number of carbonyl (C=O) groups excluding carboxylic acids is 1. The molecule has 0 unspecified atom stereocenters. The molecule has 0 atom stereocenters. The topological polar surface area (TPSA) is 17.1 Å². The van der Waals surface area contributed by atoms with Crippen LogP contribution in [0.25, 0.3) is 0 Å². The van der Waals surface area contributed by atoms with E-state index in [4.69, 9.17) is 0 Å². The fourth-order valence-electron chi connectivity index (χ4n) is 1.63. The molecule has 76 valence electrons. The van der Waals surface area contributed by atoms with Crippen molar-refractivity contribution >= 4 is 6.29 Å². The van der Waals surface area contributed by atoms with Crippen LogP contribution >= 0.6 is 0 Å². The van der Waals surface area contributed by atoms with Gasteiger partial charge in [0, 0.05) is 11.0 Å². The minimum Gasteiger partial charge on any atom is -0.302 e.